The zero-order chi connectivity index (χ0) is 17.5. The summed E-state index contributed by atoms with van der Waals surface area (Å²) in [4.78, 5) is 24.7. The summed E-state index contributed by atoms with van der Waals surface area (Å²) in [6, 6.07) is 11.4. The quantitative estimate of drug-likeness (QED) is 0.289. The molecule has 0 spiro atoms. The molecule has 0 saturated heterocycles. The van der Waals surface area contributed by atoms with Gasteiger partial charge in [-0.05, 0) is 42.2 Å². The van der Waals surface area contributed by atoms with Crippen molar-refractivity contribution in [2.75, 3.05) is 0 Å². The average Bonchev–Trinajstić information content (AvgIpc) is 3.06. The van der Waals surface area contributed by atoms with Crippen LogP contribution in [0.2, 0.25) is 0 Å². The number of carbonyl (C=O) groups excluding carboxylic acids is 2. The van der Waals surface area contributed by atoms with Gasteiger partial charge < -0.3 is 0 Å². The molecule has 5 nitrogen and oxygen atoms in total. The summed E-state index contributed by atoms with van der Waals surface area (Å²) in [5.41, 5.74) is 2.03. The predicted molar refractivity (Wildman–Crippen MR) is 100 cm³/mol. The van der Waals surface area contributed by atoms with Crippen LogP contribution in [-0.2, 0) is 16.0 Å². The third-order valence-corrected chi connectivity index (χ3v) is 4.30. The van der Waals surface area contributed by atoms with Gasteiger partial charge in [-0.15, -0.1) is 11.3 Å². The minimum absolute atomic E-state index is 0.130. The van der Waals surface area contributed by atoms with Gasteiger partial charge in [0.2, 0.25) is 11.8 Å². The molecular formula is C17H17N3O2S2. The van der Waals surface area contributed by atoms with E-state index < -0.39 is 5.91 Å². The minimum atomic E-state index is -0.444. The first-order chi connectivity index (χ1) is 11.5. The van der Waals surface area contributed by atoms with Crippen molar-refractivity contribution in [2.24, 2.45) is 5.84 Å². The van der Waals surface area contributed by atoms with Crippen LogP contribution in [0.25, 0.3) is 6.08 Å². The summed E-state index contributed by atoms with van der Waals surface area (Å²) < 4.78 is 0. The van der Waals surface area contributed by atoms with Gasteiger partial charge in [0.25, 0.3) is 0 Å². The molecule has 1 aromatic carbocycles. The van der Waals surface area contributed by atoms with Crippen LogP contribution in [0, 0.1) is 6.92 Å². The lowest BCUT2D eigenvalue weighted by molar-refractivity contribution is -0.126. The van der Waals surface area contributed by atoms with Crippen LogP contribution in [-0.4, -0.2) is 21.9 Å². The maximum atomic E-state index is 12.0. The van der Waals surface area contributed by atoms with E-state index >= 15 is 0 Å². The van der Waals surface area contributed by atoms with Crippen molar-refractivity contribution < 1.29 is 9.59 Å². The number of nitrogens with one attached hydrogen (secondary N) is 1. The number of nitrogens with zero attached hydrogens (tertiary/aromatic N) is 1. The van der Waals surface area contributed by atoms with Crippen LogP contribution in [0.15, 0.2) is 47.9 Å². The van der Waals surface area contributed by atoms with Crippen LogP contribution in [0.4, 0.5) is 0 Å². The molecule has 2 amide bonds. The van der Waals surface area contributed by atoms with E-state index in [1.54, 1.807) is 6.08 Å². The van der Waals surface area contributed by atoms with Gasteiger partial charge in [-0.25, -0.2) is 10.9 Å². The third-order valence-electron chi connectivity index (χ3n) is 3.13. The Kier molecular flexibility index (Phi) is 6.36. The minimum Gasteiger partial charge on any atom is -0.298 e. The van der Waals surface area contributed by atoms with Crippen LogP contribution in [0.3, 0.4) is 0 Å². The molecule has 0 radical (unpaired) electrons. The first-order valence-corrected chi connectivity index (χ1v) is 8.44. The SMILES string of the molecule is Cc1ccc(C=CC(=O)NC(=S)N(N)C(=O)Cc2cccs2)cc1. The number of hydrazine groups is 1. The zero-order valence-electron chi connectivity index (χ0n) is 13.1. The second-order valence-electron chi connectivity index (χ2n) is 5.06. The molecule has 0 aliphatic carbocycles. The number of nitrogens with two attached hydrogens (primary N) is 1. The summed E-state index contributed by atoms with van der Waals surface area (Å²) in [7, 11) is 0. The fraction of sp³-hybridized carbons (Fsp3) is 0.118. The highest BCUT2D eigenvalue weighted by molar-refractivity contribution is 7.80. The number of hydrogen-bond donors (Lipinski definition) is 2. The van der Waals surface area contributed by atoms with Crippen LogP contribution >= 0.6 is 23.6 Å². The molecule has 0 unspecified atom stereocenters. The maximum Gasteiger partial charge on any atom is 0.250 e. The average molecular weight is 359 g/mol. The highest BCUT2D eigenvalue weighted by Gasteiger charge is 2.16. The number of hydrogen-bond acceptors (Lipinski definition) is 5. The van der Waals surface area contributed by atoms with Gasteiger partial charge in [-0.2, -0.15) is 0 Å². The molecule has 0 saturated carbocycles. The van der Waals surface area contributed by atoms with Gasteiger partial charge in [0.15, 0.2) is 5.11 Å². The Bertz CT molecular complexity index is 753. The lowest BCUT2D eigenvalue weighted by atomic mass is 10.1. The highest BCUT2D eigenvalue weighted by Crippen LogP contribution is 2.10. The molecule has 7 heteroatoms. The van der Waals surface area contributed by atoms with Crippen LogP contribution < -0.4 is 11.2 Å². The number of benzene rings is 1. The molecule has 3 N–H and O–H groups in total. The van der Waals surface area contributed by atoms with E-state index in [0.717, 1.165) is 21.0 Å². The smallest absolute Gasteiger partial charge is 0.250 e. The summed E-state index contributed by atoms with van der Waals surface area (Å²) >= 11 is 6.45. The largest absolute Gasteiger partial charge is 0.298 e. The molecule has 0 bridgehead atoms. The molecule has 0 fully saturated rings. The van der Waals surface area contributed by atoms with Gasteiger partial charge in [0, 0.05) is 11.0 Å². The first kappa shape index (κ1) is 18.0. The van der Waals surface area contributed by atoms with Crippen molar-refractivity contribution in [3.63, 3.8) is 0 Å². The first-order valence-electron chi connectivity index (χ1n) is 7.15. The molecule has 2 aromatic rings. The summed E-state index contributed by atoms with van der Waals surface area (Å²) in [6.07, 6.45) is 3.14. The molecule has 0 aliphatic rings. The molecule has 1 aromatic heterocycles. The normalized spacial score (nSPS) is 10.6. The van der Waals surface area contributed by atoms with Crippen molar-refractivity contribution in [2.45, 2.75) is 13.3 Å². The van der Waals surface area contributed by atoms with Gasteiger partial charge in [-0.1, -0.05) is 35.9 Å². The Morgan fingerprint density at radius 3 is 2.62 bits per heavy atom. The van der Waals surface area contributed by atoms with Crippen LogP contribution in [0.1, 0.15) is 16.0 Å². The maximum absolute atomic E-state index is 12.0. The molecular weight excluding hydrogens is 342 g/mol. The standard InChI is InChI=1S/C17H17N3O2S2/c1-12-4-6-13(7-5-12)8-9-15(21)19-17(23)20(18)16(22)11-14-3-2-10-24-14/h2-10H,11,18H2,1H3,(H,19,21,23). The van der Waals surface area contributed by atoms with Crippen molar-refractivity contribution in [3.05, 3.63) is 63.9 Å². The monoisotopic (exact) mass is 359 g/mol. The predicted octanol–water partition coefficient (Wildman–Crippen LogP) is 2.42. The number of aryl methyl sites for hydroxylation is 1. The fourth-order valence-electron chi connectivity index (χ4n) is 1.82. The van der Waals surface area contributed by atoms with E-state index in [0.29, 0.717) is 0 Å². The number of carbonyl (C=O) groups is 2. The van der Waals surface area contributed by atoms with Gasteiger partial charge in [0.05, 0.1) is 6.42 Å². The fourth-order valence-corrected chi connectivity index (χ4v) is 2.72. The lowest BCUT2D eigenvalue weighted by Crippen LogP contribution is -2.50. The summed E-state index contributed by atoms with van der Waals surface area (Å²) in [5, 5.41) is 4.94. The Hall–Kier alpha value is -2.35. The van der Waals surface area contributed by atoms with E-state index in [-0.39, 0.29) is 17.4 Å². The second-order valence-corrected chi connectivity index (χ2v) is 6.48. The van der Waals surface area contributed by atoms with Crippen LogP contribution in [0.5, 0.6) is 0 Å². The summed E-state index contributed by atoms with van der Waals surface area (Å²) in [6.45, 7) is 1.99. The number of rotatable bonds is 4. The molecule has 2 rings (SSSR count). The number of amides is 2. The molecule has 0 aliphatic heterocycles. The van der Waals surface area contributed by atoms with Crippen molar-refractivity contribution in [1.29, 1.82) is 0 Å². The molecule has 24 heavy (non-hydrogen) atoms. The Morgan fingerprint density at radius 1 is 1.29 bits per heavy atom. The Morgan fingerprint density at radius 2 is 2.00 bits per heavy atom. The third kappa shape index (κ3) is 5.38. The van der Waals surface area contributed by atoms with E-state index in [4.69, 9.17) is 18.1 Å². The molecule has 1 heterocycles. The van der Waals surface area contributed by atoms with E-state index in [2.05, 4.69) is 5.32 Å². The van der Waals surface area contributed by atoms with Crippen molar-refractivity contribution >= 4 is 46.6 Å². The Labute approximate surface area is 149 Å². The Balaban J connectivity index is 1.87. The van der Waals surface area contributed by atoms with Gasteiger partial charge in [-0.3, -0.25) is 14.9 Å². The van der Waals surface area contributed by atoms with Crippen molar-refractivity contribution in [1.82, 2.24) is 10.3 Å². The zero-order valence-corrected chi connectivity index (χ0v) is 14.7. The van der Waals surface area contributed by atoms with Crippen molar-refractivity contribution in [3.8, 4) is 0 Å². The summed E-state index contributed by atoms with van der Waals surface area (Å²) in [5.74, 6) is 4.83. The van der Waals surface area contributed by atoms with E-state index in [1.165, 1.54) is 17.4 Å². The van der Waals surface area contributed by atoms with Gasteiger partial charge in [0.1, 0.15) is 0 Å². The van der Waals surface area contributed by atoms with E-state index in [9.17, 15) is 9.59 Å². The highest BCUT2D eigenvalue weighted by atomic mass is 32.1. The number of thiocarbonyl (C=S) groups is 1. The van der Waals surface area contributed by atoms with E-state index in [1.807, 2.05) is 48.7 Å². The van der Waals surface area contributed by atoms with Gasteiger partial charge >= 0.3 is 0 Å². The second kappa shape index (κ2) is 8.49. The molecule has 124 valence electrons. The lowest BCUT2D eigenvalue weighted by Gasteiger charge is -2.16. The topological polar surface area (TPSA) is 75.4 Å². The molecule has 0 atom stereocenters. The number of thiophene rings is 1.